The molecule has 0 amide bonds. The van der Waals surface area contributed by atoms with E-state index in [9.17, 15) is 0 Å². The van der Waals surface area contributed by atoms with Crippen LogP contribution in [0.5, 0.6) is 0 Å². The lowest BCUT2D eigenvalue weighted by Crippen LogP contribution is -2.51. The molecule has 0 radical (unpaired) electrons. The summed E-state index contributed by atoms with van der Waals surface area (Å²) in [6.45, 7) is 13.5. The van der Waals surface area contributed by atoms with Gasteiger partial charge in [-0.2, -0.15) is 0 Å². The van der Waals surface area contributed by atoms with E-state index < -0.39 is 0 Å². The summed E-state index contributed by atoms with van der Waals surface area (Å²) >= 11 is 6.14. The standard InChI is InChI=1S/C9H19ClN/c1-5-9(10)11(6-2,7-3)8-4/h5,9H,1,6-8H2,2-4H3/q+1. The van der Waals surface area contributed by atoms with Crippen molar-refractivity contribution >= 4 is 11.6 Å². The average Bonchev–Trinajstić information content (AvgIpc) is 2.08. The minimum Gasteiger partial charge on any atom is -0.306 e. The van der Waals surface area contributed by atoms with Gasteiger partial charge in [0.2, 0.25) is 0 Å². The molecule has 0 heterocycles. The van der Waals surface area contributed by atoms with Gasteiger partial charge in [0.1, 0.15) is 0 Å². The van der Waals surface area contributed by atoms with Gasteiger partial charge in [-0.25, -0.2) is 0 Å². The maximum Gasteiger partial charge on any atom is 0.183 e. The van der Waals surface area contributed by atoms with E-state index in [4.69, 9.17) is 11.6 Å². The quantitative estimate of drug-likeness (QED) is 0.262. The maximum absolute atomic E-state index is 6.14. The Kier molecular flexibility index (Phi) is 4.78. The van der Waals surface area contributed by atoms with Crippen molar-refractivity contribution in [3.05, 3.63) is 12.7 Å². The molecular formula is C9H19ClN+. The summed E-state index contributed by atoms with van der Waals surface area (Å²) in [7, 11) is 0. The van der Waals surface area contributed by atoms with Crippen LogP contribution in [0.25, 0.3) is 0 Å². The van der Waals surface area contributed by atoms with Crippen molar-refractivity contribution in [2.24, 2.45) is 0 Å². The third-order valence-corrected chi connectivity index (χ3v) is 3.20. The molecule has 1 atom stereocenters. The summed E-state index contributed by atoms with van der Waals surface area (Å²) in [5, 5.41) is 0. The summed E-state index contributed by atoms with van der Waals surface area (Å²) in [5.74, 6) is 0. The van der Waals surface area contributed by atoms with Crippen LogP contribution in [0.2, 0.25) is 0 Å². The molecule has 0 saturated heterocycles. The first-order valence-corrected chi connectivity index (χ1v) is 4.72. The Morgan fingerprint density at radius 3 is 1.73 bits per heavy atom. The molecule has 0 spiro atoms. The number of quaternary nitrogens is 1. The second-order valence-corrected chi connectivity index (χ2v) is 3.22. The van der Waals surface area contributed by atoms with Gasteiger partial charge < -0.3 is 4.48 Å². The molecule has 0 fully saturated rings. The van der Waals surface area contributed by atoms with Crippen molar-refractivity contribution in [2.45, 2.75) is 26.3 Å². The van der Waals surface area contributed by atoms with Gasteiger partial charge >= 0.3 is 0 Å². The van der Waals surface area contributed by atoms with Gasteiger partial charge in [-0.15, -0.1) is 0 Å². The van der Waals surface area contributed by atoms with Crippen LogP contribution in [0, 0.1) is 0 Å². The number of nitrogens with zero attached hydrogens (tertiary/aromatic N) is 1. The Balaban J connectivity index is 4.38. The molecule has 0 aliphatic heterocycles. The van der Waals surface area contributed by atoms with E-state index in [1.807, 2.05) is 6.08 Å². The van der Waals surface area contributed by atoms with Crippen molar-refractivity contribution in [3.63, 3.8) is 0 Å². The van der Waals surface area contributed by atoms with Crippen LogP contribution in [0.1, 0.15) is 20.8 Å². The number of likely N-dealkylation sites (N-methyl/N-ethyl adjacent to an activating group) is 1. The van der Waals surface area contributed by atoms with E-state index >= 15 is 0 Å². The van der Waals surface area contributed by atoms with Crippen LogP contribution in [0.3, 0.4) is 0 Å². The minimum absolute atomic E-state index is 0.0648. The Bertz CT molecular complexity index is 110. The zero-order valence-electron chi connectivity index (χ0n) is 7.81. The Morgan fingerprint density at radius 1 is 1.27 bits per heavy atom. The lowest BCUT2D eigenvalue weighted by molar-refractivity contribution is -0.928. The first-order chi connectivity index (χ1) is 5.16. The molecule has 1 unspecified atom stereocenters. The van der Waals surface area contributed by atoms with Crippen LogP contribution in [-0.4, -0.2) is 29.6 Å². The predicted octanol–water partition coefficient (Wildman–Crippen LogP) is 2.61. The van der Waals surface area contributed by atoms with Crippen LogP contribution >= 0.6 is 11.6 Å². The molecule has 66 valence electrons. The number of hydrogen-bond donors (Lipinski definition) is 0. The molecular weight excluding hydrogens is 158 g/mol. The summed E-state index contributed by atoms with van der Waals surface area (Å²) < 4.78 is 0.936. The minimum atomic E-state index is 0.0648. The Labute approximate surface area is 75.2 Å². The Hall–Kier alpha value is -0.0100. The van der Waals surface area contributed by atoms with Gasteiger partial charge in [0.25, 0.3) is 0 Å². The highest BCUT2D eigenvalue weighted by Gasteiger charge is 2.27. The first kappa shape index (κ1) is 11.0. The topological polar surface area (TPSA) is 0 Å². The molecule has 0 aromatic heterocycles. The second kappa shape index (κ2) is 4.78. The lowest BCUT2D eigenvalue weighted by Gasteiger charge is -2.38. The van der Waals surface area contributed by atoms with Gasteiger partial charge in [-0.1, -0.05) is 18.2 Å². The highest BCUT2D eigenvalue weighted by atomic mass is 35.5. The van der Waals surface area contributed by atoms with Crippen molar-refractivity contribution in [2.75, 3.05) is 19.6 Å². The van der Waals surface area contributed by atoms with Crippen LogP contribution in [0.4, 0.5) is 0 Å². The van der Waals surface area contributed by atoms with Crippen molar-refractivity contribution in [1.29, 1.82) is 0 Å². The normalized spacial score (nSPS) is 14.5. The van der Waals surface area contributed by atoms with Gasteiger partial charge in [0.15, 0.2) is 5.50 Å². The van der Waals surface area contributed by atoms with E-state index in [1.165, 1.54) is 0 Å². The molecule has 0 aromatic carbocycles. The Morgan fingerprint density at radius 2 is 1.64 bits per heavy atom. The zero-order chi connectivity index (χ0) is 8.91. The van der Waals surface area contributed by atoms with Gasteiger partial charge in [0, 0.05) is 0 Å². The van der Waals surface area contributed by atoms with Crippen LogP contribution < -0.4 is 0 Å². The first-order valence-electron chi connectivity index (χ1n) is 4.29. The zero-order valence-corrected chi connectivity index (χ0v) is 8.56. The van der Waals surface area contributed by atoms with E-state index in [2.05, 4.69) is 27.4 Å². The summed E-state index contributed by atoms with van der Waals surface area (Å²) in [6.07, 6.45) is 1.83. The number of alkyl halides is 1. The van der Waals surface area contributed by atoms with E-state index in [-0.39, 0.29) is 5.50 Å². The second-order valence-electron chi connectivity index (χ2n) is 2.78. The number of hydrogen-bond acceptors (Lipinski definition) is 0. The molecule has 0 rings (SSSR count). The molecule has 1 nitrogen and oxygen atoms in total. The fourth-order valence-corrected chi connectivity index (χ4v) is 1.83. The van der Waals surface area contributed by atoms with E-state index in [1.54, 1.807) is 0 Å². The van der Waals surface area contributed by atoms with Crippen molar-refractivity contribution in [3.8, 4) is 0 Å². The smallest absolute Gasteiger partial charge is 0.183 e. The SMILES string of the molecule is C=CC(Cl)[N+](CC)(CC)CC. The number of halogens is 1. The number of rotatable bonds is 5. The summed E-state index contributed by atoms with van der Waals surface area (Å²) in [6, 6.07) is 0. The molecule has 2 heteroatoms. The molecule has 11 heavy (non-hydrogen) atoms. The molecule has 0 bridgehead atoms. The van der Waals surface area contributed by atoms with Crippen LogP contribution in [-0.2, 0) is 0 Å². The monoisotopic (exact) mass is 176 g/mol. The van der Waals surface area contributed by atoms with E-state index in [0.717, 1.165) is 24.1 Å². The molecule has 0 aromatic rings. The highest BCUT2D eigenvalue weighted by molar-refractivity contribution is 6.20. The van der Waals surface area contributed by atoms with Gasteiger partial charge in [-0.3, -0.25) is 0 Å². The largest absolute Gasteiger partial charge is 0.306 e. The lowest BCUT2D eigenvalue weighted by atomic mass is 10.3. The van der Waals surface area contributed by atoms with Crippen LogP contribution in [0.15, 0.2) is 12.7 Å². The summed E-state index contributed by atoms with van der Waals surface area (Å²) in [5.41, 5.74) is 0.0648. The molecule has 0 saturated carbocycles. The fraction of sp³-hybridized carbons (Fsp3) is 0.778. The van der Waals surface area contributed by atoms with Crippen molar-refractivity contribution < 1.29 is 4.48 Å². The summed E-state index contributed by atoms with van der Waals surface area (Å²) in [4.78, 5) is 0. The van der Waals surface area contributed by atoms with Crippen molar-refractivity contribution in [1.82, 2.24) is 0 Å². The average molecular weight is 177 g/mol. The highest BCUT2D eigenvalue weighted by Crippen LogP contribution is 2.17. The third kappa shape index (κ3) is 2.21. The molecule has 0 N–H and O–H groups in total. The predicted molar refractivity (Wildman–Crippen MR) is 51.7 cm³/mol. The van der Waals surface area contributed by atoms with Gasteiger partial charge in [0.05, 0.1) is 19.6 Å². The third-order valence-electron chi connectivity index (χ3n) is 2.61. The molecule has 0 aliphatic carbocycles. The van der Waals surface area contributed by atoms with E-state index in [0.29, 0.717) is 0 Å². The molecule has 0 aliphatic rings. The maximum atomic E-state index is 6.14. The van der Waals surface area contributed by atoms with Gasteiger partial charge in [-0.05, 0) is 26.8 Å². The fourth-order valence-electron chi connectivity index (χ4n) is 1.42.